The number of hydrogen-bond donors (Lipinski definition) is 1. The van der Waals surface area contributed by atoms with Gasteiger partial charge in [-0.25, -0.2) is 14.4 Å². The van der Waals surface area contributed by atoms with E-state index in [1.54, 1.807) is 11.0 Å². The summed E-state index contributed by atoms with van der Waals surface area (Å²) in [6, 6.07) is 4.55. The average Bonchev–Trinajstić information content (AvgIpc) is 2.96. The van der Waals surface area contributed by atoms with Crippen LogP contribution < -0.4 is 15.0 Å². The van der Waals surface area contributed by atoms with Crippen molar-refractivity contribution >= 4 is 17.6 Å². The highest BCUT2D eigenvalue weighted by molar-refractivity contribution is 5.97. The first-order valence-corrected chi connectivity index (χ1v) is 15.6. The first-order chi connectivity index (χ1) is 20.6. The highest BCUT2D eigenvalue weighted by Gasteiger charge is 2.49. The molecule has 0 unspecified atom stereocenters. The number of aromatic nitrogens is 2. The average molecular weight is 591 g/mol. The SMILES string of the molecule is C=C1C[C@@H]2CC[C@H]1[C@@H](C(=O)N1CCC3(CC1)CN(c1ncncc1Oc1c(F)cccc1C(=O)N(C(C)C)C(C)C)C3)N2. The lowest BCUT2D eigenvalue weighted by atomic mass is 9.70. The molecule has 230 valence electrons. The number of anilines is 1. The van der Waals surface area contributed by atoms with Gasteiger partial charge in [0.05, 0.1) is 17.8 Å². The number of fused-ring (bicyclic) bond motifs is 3. The number of halogens is 1. The predicted molar refractivity (Wildman–Crippen MR) is 163 cm³/mol. The molecule has 10 heteroatoms. The molecule has 1 spiro atoms. The predicted octanol–water partition coefficient (Wildman–Crippen LogP) is 4.79. The van der Waals surface area contributed by atoms with Crippen molar-refractivity contribution in [3.05, 3.63) is 54.3 Å². The molecule has 2 aromatic rings. The maximum absolute atomic E-state index is 15.2. The van der Waals surface area contributed by atoms with Crippen LogP contribution in [0.15, 0.2) is 42.9 Å². The van der Waals surface area contributed by atoms with Gasteiger partial charge in [0, 0.05) is 55.6 Å². The molecule has 5 fully saturated rings. The molecule has 2 amide bonds. The molecule has 3 atom stereocenters. The van der Waals surface area contributed by atoms with Crippen LogP contribution in [0.1, 0.15) is 70.2 Å². The normalized spacial score (nSPS) is 24.4. The summed E-state index contributed by atoms with van der Waals surface area (Å²) in [4.78, 5) is 41.5. The second kappa shape index (κ2) is 11.5. The van der Waals surface area contributed by atoms with Gasteiger partial charge in [-0.05, 0) is 71.9 Å². The molecule has 1 saturated carbocycles. The van der Waals surface area contributed by atoms with Crippen molar-refractivity contribution in [3.8, 4) is 11.5 Å². The molecule has 7 rings (SSSR count). The maximum Gasteiger partial charge on any atom is 0.258 e. The summed E-state index contributed by atoms with van der Waals surface area (Å²) in [5, 5.41) is 3.58. The first-order valence-electron chi connectivity index (χ1n) is 15.6. The lowest BCUT2D eigenvalue weighted by Crippen LogP contribution is -2.64. The van der Waals surface area contributed by atoms with E-state index in [2.05, 4.69) is 26.8 Å². The lowest BCUT2D eigenvalue weighted by Gasteiger charge is -2.55. The van der Waals surface area contributed by atoms with Crippen molar-refractivity contribution in [2.45, 2.75) is 84.0 Å². The summed E-state index contributed by atoms with van der Waals surface area (Å²) in [6.45, 7) is 15.0. The minimum atomic E-state index is -0.616. The number of likely N-dealkylation sites (tertiary alicyclic amines) is 1. The fourth-order valence-corrected chi connectivity index (χ4v) is 7.66. The van der Waals surface area contributed by atoms with Gasteiger partial charge in [-0.15, -0.1) is 0 Å². The Morgan fingerprint density at radius 2 is 1.86 bits per heavy atom. The van der Waals surface area contributed by atoms with Crippen LogP contribution in [0.4, 0.5) is 10.2 Å². The Morgan fingerprint density at radius 1 is 1.14 bits per heavy atom. The summed E-state index contributed by atoms with van der Waals surface area (Å²) < 4.78 is 21.3. The smallest absolute Gasteiger partial charge is 0.258 e. The molecular weight excluding hydrogens is 547 g/mol. The van der Waals surface area contributed by atoms with Crippen LogP contribution >= 0.6 is 0 Å². The summed E-state index contributed by atoms with van der Waals surface area (Å²) in [6.07, 6.45) is 8.00. The number of nitrogens with one attached hydrogen (secondary N) is 1. The number of ether oxygens (including phenoxy) is 1. The standard InChI is InChI=1S/C33H43FN6O3/c1-20(2)40(21(3)4)31(41)25-7-6-8-26(34)29(25)43-27-16-35-19-36-30(27)39-17-33(18-39)11-13-38(14-12-33)32(42)28-24-10-9-23(37-28)15-22(24)5/h6-8,16,19-21,23-24,28,37H,5,9-15,17-18H2,1-4H3/t23-,24+,28-/m0/s1. The first kappa shape index (κ1) is 29.5. The molecule has 9 nitrogen and oxygen atoms in total. The van der Waals surface area contributed by atoms with Gasteiger partial charge >= 0.3 is 0 Å². The van der Waals surface area contributed by atoms with Crippen molar-refractivity contribution in [2.24, 2.45) is 11.3 Å². The van der Waals surface area contributed by atoms with Gasteiger partial charge in [0.15, 0.2) is 23.1 Å². The van der Waals surface area contributed by atoms with Crippen LogP contribution in [0, 0.1) is 17.2 Å². The number of amides is 2. The summed E-state index contributed by atoms with van der Waals surface area (Å²) in [5.41, 5.74) is 1.48. The molecule has 5 aliphatic rings. The third kappa shape index (κ3) is 5.50. The molecule has 4 aliphatic heterocycles. The van der Waals surface area contributed by atoms with E-state index < -0.39 is 5.82 Å². The number of nitrogens with zero attached hydrogens (tertiary/aromatic N) is 5. The van der Waals surface area contributed by atoms with Crippen molar-refractivity contribution in [1.29, 1.82) is 0 Å². The van der Waals surface area contributed by atoms with Gasteiger partial charge in [0.1, 0.15) is 6.33 Å². The molecule has 2 bridgehead atoms. The van der Waals surface area contributed by atoms with Crippen LogP contribution in [-0.2, 0) is 4.79 Å². The second-order valence-electron chi connectivity index (χ2n) is 13.4. The van der Waals surface area contributed by atoms with E-state index in [1.807, 2.05) is 32.6 Å². The Bertz CT molecular complexity index is 1390. The highest BCUT2D eigenvalue weighted by Crippen LogP contribution is 2.46. The number of rotatable bonds is 7. The molecule has 43 heavy (non-hydrogen) atoms. The van der Waals surface area contributed by atoms with Crippen molar-refractivity contribution in [1.82, 2.24) is 25.1 Å². The number of carbonyl (C=O) groups is 2. The summed E-state index contributed by atoms with van der Waals surface area (Å²) >= 11 is 0. The molecular formula is C33H43FN6O3. The van der Waals surface area contributed by atoms with Gasteiger partial charge in [0.2, 0.25) is 5.91 Å². The fourth-order valence-electron chi connectivity index (χ4n) is 7.66. The number of carbonyl (C=O) groups excluding carboxylic acids is 2. The van der Waals surface area contributed by atoms with Crippen molar-refractivity contribution < 1.29 is 18.7 Å². The lowest BCUT2D eigenvalue weighted by molar-refractivity contribution is -0.138. The Morgan fingerprint density at radius 3 is 2.51 bits per heavy atom. The van der Waals surface area contributed by atoms with E-state index in [0.29, 0.717) is 17.6 Å². The Hall–Kier alpha value is -3.53. The minimum Gasteiger partial charge on any atom is -0.448 e. The molecule has 1 aliphatic carbocycles. The third-order valence-electron chi connectivity index (χ3n) is 9.85. The monoisotopic (exact) mass is 590 g/mol. The van der Waals surface area contributed by atoms with E-state index in [0.717, 1.165) is 58.3 Å². The van der Waals surface area contributed by atoms with E-state index in [4.69, 9.17) is 4.74 Å². The quantitative estimate of drug-likeness (QED) is 0.464. The van der Waals surface area contributed by atoms with E-state index >= 15 is 4.39 Å². The third-order valence-corrected chi connectivity index (χ3v) is 9.85. The molecule has 0 radical (unpaired) electrons. The van der Waals surface area contributed by atoms with Crippen LogP contribution in [0.5, 0.6) is 11.5 Å². The second-order valence-corrected chi connectivity index (χ2v) is 13.4. The highest BCUT2D eigenvalue weighted by atomic mass is 19.1. The molecule has 1 N–H and O–H groups in total. The topological polar surface area (TPSA) is 90.9 Å². The van der Waals surface area contributed by atoms with Crippen LogP contribution in [0.25, 0.3) is 0 Å². The van der Waals surface area contributed by atoms with Gasteiger partial charge in [-0.3, -0.25) is 9.59 Å². The van der Waals surface area contributed by atoms with Gasteiger partial charge < -0.3 is 24.8 Å². The molecule has 5 heterocycles. The minimum absolute atomic E-state index is 0.0632. The zero-order valence-electron chi connectivity index (χ0n) is 25.7. The Balaban J connectivity index is 1.13. The summed E-state index contributed by atoms with van der Waals surface area (Å²) in [5.74, 6) is 0.334. The largest absolute Gasteiger partial charge is 0.448 e. The van der Waals surface area contributed by atoms with Gasteiger partial charge in [0.25, 0.3) is 5.91 Å². The Kier molecular flexibility index (Phi) is 7.91. The van der Waals surface area contributed by atoms with E-state index in [1.165, 1.54) is 30.2 Å². The van der Waals surface area contributed by atoms with Gasteiger partial charge in [-0.1, -0.05) is 18.2 Å². The zero-order valence-corrected chi connectivity index (χ0v) is 25.7. The van der Waals surface area contributed by atoms with Crippen LogP contribution in [-0.4, -0.2) is 81.9 Å². The number of piperidine rings is 3. The molecule has 1 aromatic heterocycles. The maximum atomic E-state index is 15.2. The van der Waals surface area contributed by atoms with Crippen LogP contribution in [0.2, 0.25) is 0 Å². The Labute approximate surface area is 253 Å². The fraction of sp³-hybridized carbons (Fsp3) is 0.576. The molecule has 4 saturated heterocycles. The van der Waals surface area contributed by atoms with Crippen LogP contribution in [0.3, 0.4) is 0 Å². The number of para-hydroxylation sites is 1. The number of hydrogen-bond acceptors (Lipinski definition) is 7. The van der Waals surface area contributed by atoms with E-state index in [9.17, 15) is 9.59 Å². The van der Waals surface area contributed by atoms with E-state index in [-0.39, 0.29) is 52.6 Å². The zero-order chi connectivity index (χ0) is 30.5. The van der Waals surface area contributed by atoms with Crippen molar-refractivity contribution in [3.63, 3.8) is 0 Å². The van der Waals surface area contributed by atoms with Gasteiger partial charge in [-0.2, -0.15) is 0 Å². The van der Waals surface area contributed by atoms with Crippen molar-refractivity contribution in [2.75, 3.05) is 31.1 Å². The number of benzene rings is 1. The molecule has 1 aromatic carbocycles. The summed E-state index contributed by atoms with van der Waals surface area (Å²) in [7, 11) is 0.